The number of rotatable bonds is 0. The van der Waals surface area contributed by atoms with Crippen molar-refractivity contribution in [3.05, 3.63) is 0 Å². The van der Waals surface area contributed by atoms with E-state index in [1.807, 2.05) is 0 Å². The summed E-state index contributed by atoms with van der Waals surface area (Å²) in [4.78, 5) is 2.74. The van der Waals surface area contributed by atoms with E-state index in [2.05, 4.69) is 0 Å². The van der Waals surface area contributed by atoms with Crippen LogP contribution in [-0.4, -0.2) is 13.3 Å². The van der Waals surface area contributed by atoms with Crippen molar-refractivity contribution >= 4 is 18.8 Å². The molecule has 0 aliphatic rings. The monoisotopic (exact) mass is 190 g/mol. The summed E-state index contributed by atoms with van der Waals surface area (Å²) in [5.74, 6) is 0. The molecule has 0 spiro atoms. The van der Waals surface area contributed by atoms with Gasteiger partial charge in [0.2, 0.25) is 0 Å². The van der Waals surface area contributed by atoms with Gasteiger partial charge in [-0.3, -0.25) is 0 Å². The Morgan fingerprint density at radius 3 is 1.60 bits per heavy atom. The van der Waals surface area contributed by atoms with Gasteiger partial charge < -0.3 is 0 Å². The van der Waals surface area contributed by atoms with Crippen molar-refractivity contribution in [2.75, 3.05) is 9.86 Å². The Bertz CT molecular complexity index is 53.8. The zero-order chi connectivity index (χ0) is 4.50. The van der Waals surface area contributed by atoms with Gasteiger partial charge in [0, 0.05) is 0 Å². The summed E-state index contributed by atoms with van der Waals surface area (Å²) < 4.78 is 18.0. The van der Waals surface area contributed by atoms with E-state index in [0.717, 1.165) is 0 Å². The minimum absolute atomic E-state index is 1.37. The van der Waals surface area contributed by atoms with Crippen LogP contribution in [0.5, 0.6) is 0 Å². The fourth-order valence-electron chi connectivity index (χ4n) is 0. The quantitative estimate of drug-likeness (QED) is 0.447. The molecule has 0 saturated carbocycles. The van der Waals surface area contributed by atoms with E-state index in [1.165, 1.54) is 9.86 Å². The first kappa shape index (κ1) is 5.49. The molecule has 0 unspecified atom stereocenters. The van der Waals surface area contributed by atoms with Crippen molar-refractivity contribution < 1.29 is 6.51 Å². The molecule has 0 fully saturated rings. The molecule has 0 atom stereocenters. The van der Waals surface area contributed by atoms with Crippen LogP contribution in [0, 0.1) is 0 Å². The molecule has 0 saturated heterocycles. The standard InChI is InChI=1S/C2H7IO2/c1-3(2,4)5/h1-2H3,(H,4,5). The molecule has 0 rings (SSSR count). The number of hydrogen-bond acceptors (Lipinski definition) is 1. The Hall–Kier alpha value is 0.490. The third kappa shape index (κ3) is 116. The fraction of sp³-hybridized carbons (Fsp3) is 1.00. The Balaban J connectivity index is 3.47. The summed E-state index contributed by atoms with van der Waals surface area (Å²) in [6.07, 6.45) is 0. The van der Waals surface area contributed by atoms with Crippen LogP contribution in [0.15, 0.2) is 0 Å². The first-order valence-corrected chi connectivity index (χ1v) is 7.24. The third-order valence-corrected chi connectivity index (χ3v) is 0. The summed E-state index contributed by atoms with van der Waals surface area (Å²) in [6.45, 7) is 0. The molecule has 3 heteroatoms. The van der Waals surface area contributed by atoms with E-state index >= 15 is 0 Å². The van der Waals surface area contributed by atoms with E-state index < -0.39 is 18.8 Å². The average Bonchev–Trinajstić information content (AvgIpc) is 0.722. The van der Waals surface area contributed by atoms with Crippen LogP contribution in [0.3, 0.4) is 0 Å². The summed E-state index contributed by atoms with van der Waals surface area (Å²) in [6, 6.07) is 0. The van der Waals surface area contributed by atoms with Crippen molar-refractivity contribution in [1.82, 2.24) is 0 Å². The summed E-state index contributed by atoms with van der Waals surface area (Å²) in [5, 5.41) is 0. The van der Waals surface area contributed by atoms with Gasteiger partial charge in [0.15, 0.2) is 0 Å². The molecular formula is C2H7IO2. The molecule has 0 heterocycles. The number of alkyl halides is 2. The average molecular weight is 190 g/mol. The summed E-state index contributed by atoms with van der Waals surface area (Å²) in [5.41, 5.74) is 0. The molecule has 0 aliphatic heterocycles. The maximum absolute atomic E-state index is 9.84. The van der Waals surface area contributed by atoms with Crippen molar-refractivity contribution in [3.63, 3.8) is 0 Å². The Kier molecular flexibility index (Phi) is 1.43. The van der Waals surface area contributed by atoms with Crippen LogP contribution in [0.1, 0.15) is 0 Å². The Morgan fingerprint density at radius 2 is 1.60 bits per heavy atom. The van der Waals surface area contributed by atoms with Crippen LogP contribution < -0.4 is 0 Å². The van der Waals surface area contributed by atoms with E-state index in [-0.39, 0.29) is 0 Å². The van der Waals surface area contributed by atoms with Gasteiger partial charge in [0.25, 0.3) is 0 Å². The van der Waals surface area contributed by atoms with Crippen LogP contribution in [0.4, 0.5) is 0 Å². The van der Waals surface area contributed by atoms with Gasteiger partial charge in [-0.25, -0.2) is 0 Å². The predicted octanol–water partition coefficient (Wildman–Crippen LogP) is 0.541. The molecule has 0 aromatic rings. The third-order valence-electron chi connectivity index (χ3n) is 0. The van der Waals surface area contributed by atoms with Gasteiger partial charge >= 0.3 is 35.2 Å². The molecule has 0 aromatic heterocycles. The van der Waals surface area contributed by atoms with Crippen molar-refractivity contribution in [2.45, 2.75) is 0 Å². The van der Waals surface area contributed by atoms with Gasteiger partial charge in [-0.1, -0.05) is 0 Å². The Labute approximate surface area is 35.6 Å². The molecule has 1 N–H and O–H groups in total. The SMILES string of the molecule is CI(C)(=O)O. The van der Waals surface area contributed by atoms with Crippen LogP contribution in [-0.2, 0) is 3.07 Å². The molecule has 0 amide bonds. The van der Waals surface area contributed by atoms with Gasteiger partial charge in [-0.2, -0.15) is 0 Å². The summed E-state index contributed by atoms with van der Waals surface area (Å²) in [7, 11) is 0. The molecular weight excluding hydrogens is 183 g/mol. The normalized spacial score (nSPS) is 15.0. The van der Waals surface area contributed by atoms with Crippen molar-refractivity contribution in [1.29, 1.82) is 0 Å². The minimum atomic E-state index is -3.19. The molecule has 0 bridgehead atoms. The van der Waals surface area contributed by atoms with Gasteiger partial charge in [-0.15, -0.1) is 0 Å². The second kappa shape index (κ2) is 1.30. The van der Waals surface area contributed by atoms with E-state index in [4.69, 9.17) is 3.44 Å². The zero-order valence-corrected chi connectivity index (χ0v) is 5.39. The van der Waals surface area contributed by atoms with Crippen LogP contribution >= 0.6 is 18.8 Å². The topological polar surface area (TPSA) is 37.3 Å². The summed E-state index contributed by atoms with van der Waals surface area (Å²) >= 11 is -3.19. The Morgan fingerprint density at radius 1 is 1.60 bits per heavy atom. The molecule has 34 valence electrons. The van der Waals surface area contributed by atoms with Gasteiger partial charge in [-0.05, 0) is 0 Å². The van der Waals surface area contributed by atoms with Crippen molar-refractivity contribution in [2.24, 2.45) is 0 Å². The van der Waals surface area contributed by atoms with Crippen molar-refractivity contribution in [3.8, 4) is 0 Å². The molecule has 0 aliphatic carbocycles. The fourth-order valence-corrected chi connectivity index (χ4v) is 0. The van der Waals surface area contributed by atoms with E-state index in [9.17, 15) is 3.07 Å². The number of halogens is 1. The first-order valence-electron chi connectivity index (χ1n) is 1.08. The van der Waals surface area contributed by atoms with Crippen LogP contribution in [0.25, 0.3) is 0 Å². The molecule has 2 nitrogen and oxygen atoms in total. The van der Waals surface area contributed by atoms with Gasteiger partial charge in [0.1, 0.15) is 0 Å². The maximum atomic E-state index is 9.84. The second-order valence-electron chi connectivity index (χ2n) is 1.09. The molecule has 5 heavy (non-hydrogen) atoms. The van der Waals surface area contributed by atoms with E-state index in [0.29, 0.717) is 0 Å². The zero-order valence-electron chi connectivity index (χ0n) is 3.23. The first-order chi connectivity index (χ1) is 2.00. The van der Waals surface area contributed by atoms with E-state index in [1.54, 1.807) is 0 Å². The molecule has 0 aromatic carbocycles. The number of hydrogen-bond donors (Lipinski definition) is 1. The van der Waals surface area contributed by atoms with Crippen LogP contribution in [0.2, 0.25) is 0 Å². The predicted molar refractivity (Wildman–Crippen MR) is 28.8 cm³/mol. The second-order valence-corrected chi connectivity index (χ2v) is 7.34. The molecule has 0 radical (unpaired) electrons. The van der Waals surface area contributed by atoms with Gasteiger partial charge in [0.05, 0.1) is 0 Å².